The molecular weight excluding hydrogens is 296 g/mol. The van der Waals surface area contributed by atoms with E-state index in [0.717, 1.165) is 48.4 Å². The standard InChI is InChI=1S/C16H20N4OS/c1-22-16-17-6-4-14(19-16)13-9-18-20(12-5-7-21-10-12)15(13)8-11-2-3-11/h4,6,9,11-12H,2-3,5,7-8,10H2,1H3/t12-/m0/s1. The van der Waals surface area contributed by atoms with Gasteiger partial charge in [0.2, 0.25) is 0 Å². The number of aromatic nitrogens is 4. The van der Waals surface area contributed by atoms with Crippen LogP contribution in [-0.2, 0) is 11.2 Å². The van der Waals surface area contributed by atoms with Crippen molar-refractivity contribution in [2.24, 2.45) is 5.92 Å². The highest BCUT2D eigenvalue weighted by atomic mass is 32.2. The average molecular weight is 316 g/mol. The SMILES string of the molecule is CSc1nccc(-c2cnn([C@H]3CCOC3)c2CC2CC2)n1. The van der Waals surface area contributed by atoms with E-state index in [1.807, 2.05) is 24.7 Å². The molecular formula is C16H20N4OS. The molecule has 0 amide bonds. The molecule has 5 nitrogen and oxygen atoms in total. The third-order valence-electron chi connectivity index (χ3n) is 4.42. The molecule has 0 unspecified atom stereocenters. The van der Waals surface area contributed by atoms with E-state index in [-0.39, 0.29) is 0 Å². The summed E-state index contributed by atoms with van der Waals surface area (Å²) < 4.78 is 7.74. The van der Waals surface area contributed by atoms with Gasteiger partial charge >= 0.3 is 0 Å². The van der Waals surface area contributed by atoms with Crippen molar-refractivity contribution >= 4 is 11.8 Å². The molecule has 2 aromatic rings. The first-order chi connectivity index (χ1) is 10.8. The van der Waals surface area contributed by atoms with Gasteiger partial charge in [0.15, 0.2) is 5.16 Å². The third-order valence-corrected chi connectivity index (χ3v) is 4.98. The van der Waals surface area contributed by atoms with Crippen molar-refractivity contribution < 1.29 is 4.74 Å². The van der Waals surface area contributed by atoms with Gasteiger partial charge in [-0.15, -0.1) is 0 Å². The molecule has 6 heteroatoms. The summed E-state index contributed by atoms with van der Waals surface area (Å²) in [6.45, 7) is 1.62. The molecule has 1 aliphatic carbocycles. The van der Waals surface area contributed by atoms with Gasteiger partial charge in [0.25, 0.3) is 0 Å². The van der Waals surface area contributed by atoms with Gasteiger partial charge in [-0.1, -0.05) is 11.8 Å². The van der Waals surface area contributed by atoms with Crippen LogP contribution in [0, 0.1) is 5.92 Å². The van der Waals surface area contributed by atoms with Crippen LogP contribution in [0.4, 0.5) is 0 Å². The predicted octanol–water partition coefficient (Wildman–Crippen LogP) is 2.98. The van der Waals surface area contributed by atoms with Crippen LogP contribution in [0.15, 0.2) is 23.6 Å². The highest BCUT2D eigenvalue weighted by molar-refractivity contribution is 7.98. The molecule has 22 heavy (non-hydrogen) atoms. The van der Waals surface area contributed by atoms with E-state index < -0.39 is 0 Å². The van der Waals surface area contributed by atoms with Crippen molar-refractivity contribution in [3.8, 4) is 11.3 Å². The summed E-state index contributed by atoms with van der Waals surface area (Å²) in [5.41, 5.74) is 3.47. The molecule has 0 radical (unpaired) electrons. The molecule has 3 heterocycles. The van der Waals surface area contributed by atoms with E-state index in [1.165, 1.54) is 18.5 Å². The van der Waals surface area contributed by atoms with Crippen molar-refractivity contribution in [2.75, 3.05) is 19.5 Å². The molecule has 2 aromatic heterocycles. The fourth-order valence-electron chi connectivity index (χ4n) is 3.02. The normalized spacial score (nSPS) is 21.4. The first-order valence-corrected chi connectivity index (χ1v) is 9.09. The van der Waals surface area contributed by atoms with Crippen LogP contribution >= 0.6 is 11.8 Å². The molecule has 1 atom stereocenters. The molecule has 1 saturated carbocycles. The van der Waals surface area contributed by atoms with Crippen LogP contribution < -0.4 is 0 Å². The Morgan fingerprint density at radius 1 is 1.36 bits per heavy atom. The zero-order chi connectivity index (χ0) is 14.9. The lowest BCUT2D eigenvalue weighted by molar-refractivity contribution is 0.184. The fourth-order valence-corrected chi connectivity index (χ4v) is 3.38. The second kappa shape index (κ2) is 6.01. The molecule has 0 aromatic carbocycles. The maximum Gasteiger partial charge on any atom is 0.187 e. The van der Waals surface area contributed by atoms with Crippen molar-refractivity contribution in [1.82, 2.24) is 19.7 Å². The van der Waals surface area contributed by atoms with E-state index in [4.69, 9.17) is 4.74 Å². The Morgan fingerprint density at radius 2 is 2.27 bits per heavy atom. The van der Waals surface area contributed by atoms with Gasteiger partial charge in [0.1, 0.15) is 0 Å². The topological polar surface area (TPSA) is 52.8 Å². The number of ether oxygens (including phenoxy) is 1. The number of hydrogen-bond donors (Lipinski definition) is 0. The Labute approximate surface area is 134 Å². The molecule has 2 fully saturated rings. The third kappa shape index (κ3) is 2.77. The van der Waals surface area contributed by atoms with Gasteiger partial charge in [-0.25, -0.2) is 9.97 Å². The van der Waals surface area contributed by atoms with E-state index in [9.17, 15) is 0 Å². The van der Waals surface area contributed by atoms with Gasteiger partial charge in [-0.2, -0.15) is 5.10 Å². The van der Waals surface area contributed by atoms with Crippen molar-refractivity contribution in [1.29, 1.82) is 0 Å². The van der Waals surface area contributed by atoms with Crippen molar-refractivity contribution in [3.05, 3.63) is 24.2 Å². The maximum absolute atomic E-state index is 5.55. The first kappa shape index (κ1) is 14.2. The van der Waals surface area contributed by atoms with Crippen LogP contribution in [0.5, 0.6) is 0 Å². The van der Waals surface area contributed by atoms with Crippen molar-refractivity contribution in [3.63, 3.8) is 0 Å². The monoisotopic (exact) mass is 316 g/mol. The largest absolute Gasteiger partial charge is 0.379 e. The summed E-state index contributed by atoms with van der Waals surface area (Å²) in [7, 11) is 0. The highest BCUT2D eigenvalue weighted by Crippen LogP contribution is 2.37. The Morgan fingerprint density at radius 3 is 3.00 bits per heavy atom. The fraction of sp³-hybridized carbons (Fsp3) is 0.562. The molecule has 0 N–H and O–H groups in total. The van der Waals surface area contributed by atoms with E-state index in [0.29, 0.717) is 6.04 Å². The van der Waals surface area contributed by atoms with Crippen LogP contribution in [0.2, 0.25) is 0 Å². The molecule has 0 bridgehead atoms. The first-order valence-electron chi connectivity index (χ1n) is 7.86. The lowest BCUT2D eigenvalue weighted by atomic mass is 10.1. The second-order valence-corrected chi connectivity index (χ2v) is 6.82. The summed E-state index contributed by atoms with van der Waals surface area (Å²) in [4.78, 5) is 8.93. The molecule has 1 saturated heterocycles. The second-order valence-electron chi connectivity index (χ2n) is 6.04. The van der Waals surface area contributed by atoms with E-state index in [2.05, 4.69) is 19.7 Å². The van der Waals surface area contributed by atoms with Crippen LogP contribution in [0.25, 0.3) is 11.3 Å². The molecule has 116 valence electrons. The Kier molecular flexibility index (Phi) is 3.88. The maximum atomic E-state index is 5.55. The van der Waals surface area contributed by atoms with E-state index >= 15 is 0 Å². The van der Waals surface area contributed by atoms with E-state index in [1.54, 1.807) is 11.8 Å². The lowest BCUT2D eigenvalue weighted by Crippen LogP contribution is -2.14. The van der Waals surface area contributed by atoms with Gasteiger partial charge in [0.05, 0.1) is 24.5 Å². The molecule has 4 rings (SSSR count). The zero-order valence-electron chi connectivity index (χ0n) is 12.7. The quantitative estimate of drug-likeness (QED) is 0.627. The molecule has 2 aliphatic rings. The average Bonchev–Trinajstić information content (AvgIpc) is 3.04. The summed E-state index contributed by atoms with van der Waals surface area (Å²) >= 11 is 1.57. The zero-order valence-corrected chi connectivity index (χ0v) is 13.6. The summed E-state index contributed by atoms with van der Waals surface area (Å²) in [5, 5.41) is 5.49. The van der Waals surface area contributed by atoms with Gasteiger partial charge in [-0.3, -0.25) is 4.68 Å². The Bertz CT molecular complexity index is 662. The number of thioether (sulfide) groups is 1. The van der Waals surface area contributed by atoms with Gasteiger partial charge < -0.3 is 4.74 Å². The summed E-state index contributed by atoms with van der Waals surface area (Å²) in [6.07, 6.45) is 10.7. The molecule has 1 aliphatic heterocycles. The van der Waals surface area contributed by atoms with Gasteiger partial charge in [-0.05, 0) is 43.9 Å². The predicted molar refractivity (Wildman–Crippen MR) is 85.9 cm³/mol. The molecule has 0 spiro atoms. The highest BCUT2D eigenvalue weighted by Gasteiger charge is 2.29. The van der Waals surface area contributed by atoms with Crippen LogP contribution in [0.1, 0.15) is 31.0 Å². The van der Waals surface area contributed by atoms with Crippen LogP contribution in [-0.4, -0.2) is 39.2 Å². The Hall–Kier alpha value is -1.40. The number of hydrogen-bond acceptors (Lipinski definition) is 5. The minimum atomic E-state index is 0.379. The van der Waals surface area contributed by atoms with Crippen molar-refractivity contribution in [2.45, 2.75) is 36.9 Å². The summed E-state index contributed by atoms with van der Waals surface area (Å²) in [5.74, 6) is 0.818. The smallest absolute Gasteiger partial charge is 0.187 e. The number of rotatable bonds is 5. The minimum Gasteiger partial charge on any atom is -0.379 e. The number of nitrogens with zero attached hydrogens (tertiary/aromatic N) is 4. The lowest BCUT2D eigenvalue weighted by Gasteiger charge is -2.14. The minimum absolute atomic E-state index is 0.379. The van der Waals surface area contributed by atoms with Gasteiger partial charge in [0, 0.05) is 24.1 Å². The summed E-state index contributed by atoms with van der Waals surface area (Å²) in [6, 6.07) is 2.37. The van der Waals surface area contributed by atoms with Crippen LogP contribution in [0.3, 0.4) is 0 Å². The Balaban J connectivity index is 1.73.